The highest BCUT2D eigenvalue weighted by Crippen LogP contribution is 2.22. The fourth-order valence-corrected chi connectivity index (χ4v) is 3.09. The van der Waals surface area contributed by atoms with Crippen molar-refractivity contribution in [3.8, 4) is 0 Å². The zero-order valence-electron chi connectivity index (χ0n) is 13.0. The summed E-state index contributed by atoms with van der Waals surface area (Å²) in [6.45, 7) is 1.03. The van der Waals surface area contributed by atoms with Crippen LogP contribution < -0.4 is 15.5 Å². The predicted octanol–water partition coefficient (Wildman–Crippen LogP) is -0.122. The van der Waals surface area contributed by atoms with Crippen LogP contribution in [0.5, 0.6) is 0 Å². The van der Waals surface area contributed by atoms with Crippen LogP contribution in [0.2, 0.25) is 10.0 Å². The fraction of sp³-hybridized carbons (Fsp3) is 0.400. The molecule has 1 heterocycles. The number of hydrogen-bond donors (Lipinski definition) is 3. The molecule has 24 heavy (non-hydrogen) atoms. The number of rotatable bonds is 5. The summed E-state index contributed by atoms with van der Waals surface area (Å²) in [7, 11) is 1.26. The van der Waals surface area contributed by atoms with Crippen LogP contribution in [0, 0.1) is 0 Å². The highest BCUT2D eigenvalue weighted by atomic mass is 35.5. The highest BCUT2D eigenvalue weighted by molar-refractivity contribution is 6.35. The van der Waals surface area contributed by atoms with E-state index in [0.29, 0.717) is 33.7 Å². The Morgan fingerprint density at radius 2 is 2.00 bits per heavy atom. The number of piperazine rings is 1. The van der Waals surface area contributed by atoms with Crippen molar-refractivity contribution in [3.63, 3.8) is 0 Å². The van der Waals surface area contributed by atoms with Crippen LogP contribution in [0.15, 0.2) is 18.2 Å². The third kappa shape index (κ3) is 5.09. The second kappa shape index (κ2) is 8.32. The number of esters is 1. The Balaban J connectivity index is 2.02. The molecule has 0 aliphatic carbocycles. The molecular formula is C15H18Cl2N3O4+. The summed E-state index contributed by atoms with van der Waals surface area (Å²) in [5.74, 6) is -1.05. The maximum Gasteiger partial charge on any atom is 0.312 e. The number of benzene rings is 1. The van der Waals surface area contributed by atoms with E-state index in [-0.39, 0.29) is 24.8 Å². The Bertz CT molecular complexity index is 633. The first-order chi connectivity index (χ1) is 11.4. The number of carbonyl (C=O) groups excluding carboxylic acids is 3. The van der Waals surface area contributed by atoms with Gasteiger partial charge in [0.2, 0.25) is 0 Å². The molecule has 1 fully saturated rings. The molecule has 9 heteroatoms. The first-order valence-corrected chi connectivity index (χ1v) is 8.09. The molecule has 2 amide bonds. The Hall–Kier alpha value is -1.83. The first-order valence-electron chi connectivity index (χ1n) is 7.34. The van der Waals surface area contributed by atoms with Crippen molar-refractivity contribution in [2.24, 2.45) is 0 Å². The summed E-state index contributed by atoms with van der Waals surface area (Å²) in [6.07, 6.45) is -0.0755. The normalized spacial score (nSPS) is 20.2. The third-order valence-corrected chi connectivity index (χ3v) is 4.12. The van der Waals surface area contributed by atoms with E-state index in [9.17, 15) is 14.4 Å². The summed E-state index contributed by atoms with van der Waals surface area (Å²) in [5, 5.41) is 6.21. The second-order valence-corrected chi connectivity index (χ2v) is 6.29. The van der Waals surface area contributed by atoms with Gasteiger partial charge in [0, 0.05) is 15.7 Å². The summed E-state index contributed by atoms with van der Waals surface area (Å²) < 4.78 is 4.61. The van der Waals surface area contributed by atoms with E-state index in [0.717, 1.165) is 0 Å². The number of quaternary nitrogens is 1. The van der Waals surface area contributed by atoms with Gasteiger partial charge in [0.15, 0.2) is 12.6 Å². The summed E-state index contributed by atoms with van der Waals surface area (Å²) in [4.78, 5) is 36.4. The molecule has 1 aliphatic heterocycles. The Kier molecular flexibility index (Phi) is 6.42. The Morgan fingerprint density at radius 3 is 2.62 bits per heavy atom. The molecule has 1 unspecified atom stereocenters. The minimum Gasteiger partial charge on any atom is -0.469 e. The van der Waals surface area contributed by atoms with Gasteiger partial charge in [0.05, 0.1) is 20.2 Å². The smallest absolute Gasteiger partial charge is 0.312 e. The minimum absolute atomic E-state index is 0.0409. The SMILES string of the molecule is COC(=O)C[C@H]1C(=O)NCC[NH+]1CC(=O)Nc1cc(Cl)cc(Cl)c1. The Labute approximate surface area is 149 Å². The number of methoxy groups -OCH3 is 1. The van der Waals surface area contributed by atoms with Gasteiger partial charge < -0.3 is 20.3 Å². The van der Waals surface area contributed by atoms with Gasteiger partial charge >= 0.3 is 5.97 Å². The molecule has 1 aliphatic rings. The lowest BCUT2D eigenvalue weighted by Crippen LogP contribution is -3.20. The summed E-state index contributed by atoms with van der Waals surface area (Å²) >= 11 is 11.8. The van der Waals surface area contributed by atoms with E-state index in [2.05, 4.69) is 15.4 Å². The molecule has 7 nitrogen and oxygen atoms in total. The molecular weight excluding hydrogens is 357 g/mol. The lowest BCUT2D eigenvalue weighted by molar-refractivity contribution is -0.909. The van der Waals surface area contributed by atoms with Gasteiger partial charge in [-0.25, -0.2) is 0 Å². The molecule has 1 aromatic rings. The van der Waals surface area contributed by atoms with Crippen LogP contribution in [0.4, 0.5) is 5.69 Å². The molecule has 1 saturated heterocycles. The van der Waals surface area contributed by atoms with Gasteiger partial charge in [-0.15, -0.1) is 0 Å². The maximum atomic E-state index is 12.2. The number of nitrogens with one attached hydrogen (secondary N) is 3. The summed E-state index contributed by atoms with van der Waals surface area (Å²) in [6, 6.07) is 4.07. The highest BCUT2D eigenvalue weighted by Gasteiger charge is 2.36. The second-order valence-electron chi connectivity index (χ2n) is 5.42. The average molecular weight is 375 g/mol. The van der Waals surface area contributed by atoms with E-state index in [1.807, 2.05) is 0 Å². The first kappa shape index (κ1) is 18.5. The lowest BCUT2D eigenvalue weighted by atomic mass is 10.1. The molecule has 0 saturated carbocycles. The van der Waals surface area contributed by atoms with Crippen molar-refractivity contribution in [3.05, 3.63) is 28.2 Å². The van der Waals surface area contributed by atoms with Crippen LogP contribution >= 0.6 is 23.2 Å². The topological polar surface area (TPSA) is 88.9 Å². The van der Waals surface area contributed by atoms with E-state index in [1.54, 1.807) is 18.2 Å². The molecule has 0 aromatic heterocycles. The summed E-state index contributed by atoms with van der Waals surface area (Å²) in [5.41, 5.74) is 0.475. The number of anilines is 1. The monoisotopic (exact) mass is 374 g/mol. The van der Waals surface area contributed by atoms with Crippen LogP contribution in [0.25, 0.3) is 0 Å². The van der Waals surface area contributed by atoms with Gasteiger partial charge in [-0.3, -0.25) is 14.4 Å². The number of ether oxygens (including phenoxy) is 1. The number of amides is 2. The minimum atomic E-state index is -0.653. The number of hydrogen-bond acceptors (Lipinski definition) is 4. The zero-order valence-corrected chi connectivity index (χ0v) is 14.5. The third-order valence-electron chi connectivity index (χ3n) is 3.69. The molecule has 3 N–H and O–H groups in total. The standard InChI is InChI=1S/C15H17Cl2N3O4/c1-24-14(22)7-12-15(23)18-2-3-20(12)8-13(21)19-11-5-9(16)4-10(17)6-11/h4-6,12H,2-3,7-8H2,1H3,(H,18,23)(H,19,21)/p+1/t12-/m0/s1. The predicted molar refractivity (Wildman–Crippen MR) is 89.2 cm³/mol. The molecule has 2 atom stereocenters. The zero-order chi connectivity index (χ0) is 17.7. The van der Waals surface area contributed by atoms with Crippen LogP contribution in [-0.4, -0.2) is 50.6 Å². The van der Waals surface area contributed by atoms with Gasteiger partial charge in [-0.2, -0.15) is 0 Å². The van der Waals surface area contributed by atoms with Crippen LogP contribution in [0.3, 0.4) is 0 Å². The van der Waals surface area contributed by atoms with Crippen molar-refractivity contribution in [1.29, 1.82) is 0 Å². The van der Waals surface area contributed by atoms with Crippen LogP contribution in [-0.2, 0) is 19.1 Å². The van der Waals surface area contributed by atoms with Crippen molar-refractivity contribution in [2.45, 2.75) is 12.5 Å². The number of carbonyl (C=O) groups is 3. The van der Waals surface area contributed by atoms with E-state index < -0.39 is 12.0 Å². The van der Waals surface area contributed by atoms with Crippen molar-refractivity contribution < 1.29 is 24.0 Å². The number of halogens is 2. The fourth-order valence-electron chi connectivity index (χ4n) is 2.57. The van der Waals surface area contributed by atoms with E-state index in [1.165, 1.54) is 7.11 Å². The van der Waals surface area contributed by atoms with E-state index >= 15 is 0 Å². The van der Waals surface area contributed by atoms with Crippen molar-refractivity contribution in [1.82, 2.24) is 5.32 Å². The largest absolute Gasteiger partial charge is 0.469 e. The molecule has 1 aromatic carbocycles. The molecule has 130 valence electrons. The molecule has 0 radical (unpaired) electrons. The van der Waals surface area contributed by atoms with Gasteiger partial charge in [0.1, 0.15) is 6.42 Å². The van der Waals surface area contributed by atoms with E-state index in [4.69, 9.17) is 23.2 Å². The van der Waals surface area contributed by atoms with Gasteiger partial charge in [0.25, 0.3) is 11.8 Å². The van der Waals surface area contributed by atoms with Gasteiger partial charge in [-0.1, -0.05) is 23.2 Å². The average Bonchev–Trinajstić information content (AvgIpc) is 2.49. The molecule has 0 bridgehead atoms. The Morgan fingerprint density at radius 1 is 1.33 bits per heavy atom. The molecule has 0 spiro atoms. The van der Waals surface area contributed by atoms with Crippen molar-refractivity contribution in [2.75, 3.05) is 32.1 Å². The lowest BCUT2D eigenvalue weighted by Gasteiger charge is -2.30. The maximum absolute atomic E-state index is 12.2. The van der Waals surface area contributed by atoms with Gasteiger partial charge in [-0.05, 0) is 18.2 Å². The molecule has 2 rings (SSSR count). The van der Waals surface area contributed by atoms with Crippen molar-refractivity contribution >= 4 is 46.7 Å². The van der Waals surface area contributed by atoms with Crippen LogP contribution in [0.1, 0.15) is 6.42 Å². The quantitative estimate of drug-likeness (QED) is 0.626.